The van der Waals surface area contributed by atoms with E-state index < -0.39 is 11.4 Å². The molecule has 1 aromatic rings. The number of aromatic nitrogens is 2. The van der Waals surface area contributed by atoms with Crippen LogP contribution >= 0.6 is 11.8 Å². The van der Waals surface area contributed by atoms with Gasteiger partial charge in [-0.3, -0.25) is 9.48 Å². The molecule has 0 bridgehead atoms. The van der Waals surface area contributed by atoms with Gasteiger partial charge >= 0.3 is 5.51 Å². The van der Waals surface area contributed by atoms with Crippen LogP contribution in [0.1, 0.15) is 10.5 Å². The quantitative estimate of drug-likeness (QED) is 0.799. The number of nitrogens with one attached hydrogen (secondary N) is 1. The van der Waals surface area contributed by atoms with Crippen molar-refractivity contribution < 1.29 is 18.0 Å². The summed E-state index contributed by atoms with van der Waals surface area (Å²) < 4.78 is 36.7. The van der Waals surface area contributed by atoms with Crippen LogP contribution in [-0.2, 0) is 7.05 Å². The molecule has 1 aromatic heterocycles. The molecule has 3 N–H and O–H groups in total. The van der Waals surface area contributed by atoms with Crippen molar-refractivity contribution in [2.45, 2.75) is 5.51 Å². The van der Waals surface area contributed by atoms with Crippen LogP contribution in [-0.4, -0.2) is 33.5 Å². The van der Waals surface area contributed by atoms with E-state index in [-0.39, 0.29) is 35.4 Å². The van der Waals surface area contributed by atoms with Crippen molar-refractivity contribution in [1.82, 2.24) is 15.1 Å². The van der Waals surface area contributed by atoms with Crippen molar-refractivity contribution >= 4 is 23.4 Å². The Morgan fingerprint density at radius 2 is 2.29 bits per heavy atom. The highest BCUT2D eigenvalue weighted by Crippen LogP contribution is 2.29. The van der Waals surface area contributed by atoms with Gasteiger partial charge < -0.3 is 11.1 Å². The van der Waals surface area contributed by atoms with Gasteiger partial charge in [0.15, 0.2) is 0 Å². The first-order valence-corrected chi connectivity index (χ1v) is 5.56. The van der Waals surface area contributed by atoms with Crippen LogP contribution in [0.5, 0.6) is 0 Å². The number of alkyl halides is 3. The molecule has 0 aliphatic heterocycles. The van der Waals surface area contributed by atoms with Crippen LogP contribution in [0.2, 0.25) is 0 Å². The molecule has 0 unspecified atom stereocenters. The van der Waals surface area contributed by atoms with Crippen molar-refractivity contribution in [1.29, 1.82) is 0 Å². The molecule has 0 fully saturated rings. The van der Waals surface area contributed by atoms with Gasteiger partial charge in [-0.25, -0.2) is 0 Å². The zero-order valence-corrected chi connectivity index (χ0v) is 9.73. The molecule has 17 heavy (non-hydrogen) atoms. The Morgan fingerprint density at radius 1 is 1.65 bits per heavy atom. The van der Waals surface area contributed by atoms with Crippen LogP contribution in [0.15, 0.2) is 6.20 Å². The highest BCUT2D eigenvalue weighted by Gasteiger charge is 2.27. The summed E-state index contributed by atoms with van der Waals surface area (Å²) in [6.45, 7) is -0.0897. The van der Waals surface area contributed by atoms with Gasteiger partial charge in [0.25, 0.3) is 5.91 Å². The maximum absolute atomic E-state index is 11.8. The Kier molecular flexibility index (Phi) is 4.27. The summed E-state index contributed by atoms with van der Waals surface area (Å²) in [4.78, 5) is 11.5. The standard InChI is InChI=1S/C8H11F3N4OS/c1-15-6(5(12)4-14-15)7(16)13-2-3-17-8(9,10)11/h4H,2-3,12H2,1H3,(H,13,16). The predicted molar refractivity (Wildman–Crippen MR) is 58.5 cm³/mol. The Hall–Kier alpha value is -1.38. The molecule has 0 spiro atoms. The van der Waals surface area contributed by atoms with Gasteiger partial charge in [0.1, 0.15) is 5.69 Å². The molecule has 1 rings (SSSR count). The number of anilines is 1. The molecule has 0 atom stereocenters. The maximum Gasteiger partial charge on any atom is 0.441 e. The zero-order valence-electron chi connectivity index (χ0n) is 8.91. The number of nitrogen functional groups attached to an aromatic ring is 1. The molecule has 0 aliphatic carbocycles. The lowest BCUT2D eigenvalue weighted by Gasteiger charge is -2.07. The molecular formula is C8H11F3N4OS. The summed E-state index contributed by atoms with van der Waals surface area (Å²) in [7, 11) is 1.52. The highest BCUT2D eigenvalue weighted by molar-refractivity contribution is 8.00. The van der Waals surface area contributed by atoms with Gasteiger partial charge in [-0.1, -0.05) is 0 Å². The number of thioether (sulfide) groups is 1. The molecule has 5 nitrogen and oxygen atoms in total. The van der Waals surface area contributed by atoms with Crippen LogP contribution in [0.4, 0.5) is 18.9 Å². The minimum atomic E-state index is -4.28. The first-order valence-electron chi connectivity index (χ1n) is 4.57. The predicted octanol–water partition coefficient (Wildman–Crippen LogP) is 0.985. The van der Waals surface area contributed by atoms with Gasteiger partial charge in [0.05, 0.1) is 11.9 Å². The molecule has 0 aromatic carbocycles. The number of nitrogens with zero attached hydrogens (tertiary/aromatic N) is 2. The molecule has 96 valence electrons. The Balaban J connectivity index is 2.41. The number of aryl methyl sites for hydroxylation is 1. The average Bonchev–Trinajstić information content (AvgIpc) is 2.52. The van der Waals surface area contributed by atoms with E-state index in [0.717, 1.165) is 0 Å². The lowest BCUT2D eigenvalue weighted by molar-refractivity contribution is -0.0327. The third kappa shape index (κ3) is 4.17. The van der Waals surface area contributed by atoms with Crippen LogP contribution in [0.25, 0.3) is 0 Å². The third-order valence-corrected chi connectivity index (χ3v) is 2.57. The molecule has 1 amide bonds. The van der Waals surface area contributed by atoms with Gasteiger partial charge in [-0.15, -0.1) is 0 Å². The van der Waals surface area contributed by atoms with Crippen molar-refractivity contribution in [2.75, 3.05) is 18.0 Å². The van der Waals surface area contributed by atoms with Crippen molar-refractivity contribution in [2.24, 2.45) is 7.05 Å². The fraction of sp³-hybridized carbons (Fsp3) is 0.500. The highest BCUT2D eigenvalue weighted by atomic mass is 32.2. The second-order valence-electron chi connectivity index (χ2n) is 3.12. The minimum absolute atomic E-state index is 0.0897. The fourth-order valence-corrected chi connectivity index (χ4v) is 1.58. The number of amides is 1. The van der Waals surface area contributed by atoms with Crippen LogP contribution in [0, 0.1) is 0 Å². The normalized spacial score (nSPS) is 11.5. The number of carbonyl (C=O) groups is 1. The van der Waals surface area contributed by atoms with E-state index in [0.29, 0.717) is 0 Å². The lowest BCUT2D eigenvalue weighted by Crippen LogP contribution is -2.29. The molecule has 0 saturated heterocycles. The number of carbonyl (C=O) groups excluding carboxylic acids is 1. The first-order chi connectivity index (χ1) is 7.81. The van der Waals surface area contributed by atoms with E-state index in [1.54, 1.807) is 0 Å². The van der Waals surface area contributed by atoms with Crippen molar-refractivity contribution in [3.63, 3.8) is 0 Å². The van der Waals surface area contributed by atoms with Crippen molar-refractivity contribution in [3.05, 3.63) is 11.9 Å². The second kappa shape index (κ2) is 5.30. The Morgan fingerprint density at radius 3 is 2.76 bits per heavy atom. The first kappa shape index (κ1) is 13.7. The van der Waals surface area contributed by atoms with Crippen LogP contribution < -0.4 is 11.1 Å². The number of nitrogens with two attached hydrogens (primary N) is 1. The van der Waals surface area contributed by atoms with E-state index in [2.05, 4.69) is 10.4 Å². The lowest BCUT2D eigenvalue weighted by atomic mass is 10.3. The summed E-state index contributed by atoms with van der Waals surface area (Å²) in [5.41, 5.74) is 1.53. The zero-order chi connectivity index (χ0) is 13.1. The van der Waals surface area contributed by atoms with Gasteiger partial charge in [-0.05, 0) is 11.8 Å². The van der Waals surface area contributed by atoms with E-state index in [1.165, 1.54) is 17.9 Å². The monoisotopic (exact) mass is 268 g/mol. The van der Waals surface area contributed by atoms with Gasteiger partial charge in [0.2, 0.25) is 0 Å². The summed E-state index contributed by atoms with van der Waals surface area (Å²) in [6.07, 6.45) is 1.30. The number of rotatable bonds is 4. The fourth-order valence-electron chi connectivity index (χ4n) is 1.15. The summed E-state index contributed by atoms with van der Waals surface area (Å²) in [5, 5.41) is 6.09. The van der Waals surface area contributed by atoms with E-state index in [1.807, 2.05) is 0 Å². The van der Waals surface area contributed by atoms with Crippen LogP contribution in [0.3, 0.4) is 0 Å². The van der Waals surface area contributed by atoms with E-state index in [4.69, 9.17) is 5.73 Å². The number of hydrogen-bond acceptors (Lipinski definition) is 4. The number of hydrogen-bond donors (Lipinski definition) is 2. The Bertz CT molecular complexity index is 384. The Labute approximate surface area is 99.5 Å². The summed E-state index contributed by atoms with van der Waals surface area (Å²) in [5.74, 6) is -0.780. The molecule has 0 radical (unpaired) electrons. The third-order valence-electron chi connectivity index (χ3n) is 1.84. The molecule has 0 saturated carbocycles. The molecular weight excluding hydrogens is 257 g/mol. The maximum atomic E-state index is 11.8. The smallest absolute Gasteiger partial charge is 0.396 e. The van der Waals surface area contributed by atoms with Crippen molar-refractivity contribution in [3.8, 4) is 0 Å². The topological polar surface area (TPSA) is 72.9 Å². The SMILES string of the molecule is Cn1ncc(N)c1C(=O)NCCSC(F)(F)F. The number of halogens is 3. The molecule has 1 heterocycles. The second-order valence-corrected chi connectivity index (χ2v) is 4.28. The van der Waals surface area contributed by atoms with Gasteiger partial charge in [-0.2, -0.15) is 18.3 Å². The molecule has 9 heteroatoms. The van der Waals surface area contributed by atoms with E-state index in [9.17, 15) is 18.0 Å². The van der Waals surface area contributed by atoms with E-state index >= 15 is 0 Å². The largest absolute Gasteiger partial charge is 0.441 e. The summed E-state index contributed by atoms with van der Waals surface area (Å²) >= 11 is -0.187. The average molecular weight is 268 g/mol. The summed E-state index contributed by atoms with van der Waals surface area (Å²) in [6, 6.07) is 0. The van der Waals surface area contributed by atoms with Gasteiger partial charge in [0, 0.05) is 19.3 Å². The molecule has 0 aliphatic rings. The minimum Gasteiger partial charge on any atom is -0.396 e.